The number of rotatable bonds is 57. The van der Waals surface area contributed by atoms with Crippen LogP contribution >= 0.6 is 0 Å². The van der Waals surface area contributed by atoms with Gasteiger partial charge in [0.1, 0.15) is 13.2 Å². The number of carbonyl (C=O) groups is 3. The summed E-state index contributed by atoms with van der Waals surface area (Å²) >= 11 is 0. The third-order valence-electron chi connectivity index (χ3n) is 13.6. The van der Waals surface area contributed by atoms with Gasteiger partial charge in [0.05, 0.1) is 0 Å². The van der Waals surface area contributed by atoms with Crippen molar-refractivity contribution in [1.82, 2.24) is 0 Å². The Kier molecular flexibility index (Phi) is 59.8. The minimum absolute atomic E-state index is 0.0845. The Balaban J connectivity index is 4.37. The molecule has 0 N–H and O–H groups in total. The van der Waals surface area contributed by atoms with Gasteiger partial charge in [0, 0.05) is 19.3 Å². The summed E-state index contributed by atoms with van der Waals surface area (Å²) in [7, 11) is 0. The van der Waals surface area contributed by atoms with E-state index in [4.69, 9.17) is 14.2 Å². The van der Waals surface area contributed by atoms with Crippen LogP contribution in [-0.4, -0.2) is 37.2 Å². The zero-order valence-corrected chi connectivity index (χ0v) is 49.3. The maximum absolute atomic E-state index is 12.9. The van der Waals surface area contributed by atoms with E-state index in [1.165, 1.54) is 128 Å². The Hall–Kier alpha value is -3.67. The van der Waals surface area contributed by atoms with E-state index in [0.29, 0.717) is 19.3 Å². The fourth-order valence-corrected chi connectivity index (χ4v) is 8.83. The number of unbranched alkanes of at least 4 members (excludes halogenated alkanes) is 30. The summed E-state index contributed by atoms with van der Waals surface area (Å²) in [4.78, 5) is 38.3. The molecule has 0 aliphatic rings. The molecular weight excluding hydrogens is 925 g/mol. The summed E-state index contributed by atoms with van der Waals surface area (Å²) in [6.07, 6.45) is 84.0. The summed E-state index contributed by atoms with van der Waals surface area (Å²) in [5.41, 5.74) is 0. The predicted molar refractivity (Wildman–Crippen MR) is 325 cm³/mol. The second kappa shape index (κ2) is 62.9. The lowest BCUT2D eigenvalue weighted by Gasteiger charge is -2.18. The molecule has 0 aliphatic heterocycles. The van der Waals surface area contributed by atoms with Crippen molar-refractivity contribution in [1.29, 1.82) is 0 Å². The van der Waals surface area contributed by atoms with E-state index in [1.54, 1.807) is 0 Å². The molecule has 6 nitrogen and oxygen atoms in total. The van der Waals surface area contributed by atoms with Crippen LogP contribution < -0.4 is 0 Å². The summed E-state index contributed by atoms with van der Waals surface area (Å²) in [5.74, 6) is -0.903. The first-order valence-corrected chi connectivity index (χ1v) is 31.7. The molecule has 75 heavy (non-hydrogen) atoms. The maximum Gasteiger partial charge on any atom is 0.306 e. The van der Waals surface area contributed by atoms with Crippen LogP contribution in [0.2, 0.25) is 0 Å². The first-order valence-electron chi connectivity index (χ1n) is 31.7. The van der Waals surface area contributed by atoms with E-state index < -0.39 is 6.10 Å². The van der Waals surface area contributed by atoms with Crippen molar-refractivity contribution in [3.63, 3.8) is 0 Å². The van der Waals surface area contributed by atoms with Gasteiger partial charge < -0.3 is 14.2 Å². The van der Waals surface area contributed by atoms with Crippen LogP contribution in [0.1, 0.15) is 303 Å². The Morgan fingerprint density at radius 3 is 0.827 bits per heavy atom. The molecule has 0 saturated carbocycles. The highest BCUT2D eigenvalue weighted by Crippen LogP contribution is 2.16. The van der Waals surface area contributed by atoms with Gasteiger partial charge in [0.15, 0.2) is 6.10 Å². The van der Waals surface area contributed by atoms with Crippen LogP contribution in [0.15, 0.2) is 97.2 Å². The summed E-state index contributed by atoms with van der Waals surface area (Å²) < 4.78 is 16.9. The zero-order valence-electron chi connectivity index (χ0n) is 49.3. The van der Waals surface area contributed by atoms with E-state index in [2.05, 4.69) is 118 Å². The average molecular weight is 1040 g/mol. The lowest BCUT2D eigenvalue weighted by atomic mass is 10.0. The monoisotopic (exact) mass is 1040 g/mol. The van der Waals surface area contributed by atoms with E-state index in [0.717, 1.165) is 135 Å². The molecule has 0 aromatic carbocycles. The van der Waals surface area contributed by atoms with Gasteiger partial charge in [-0.25, -0.2) is 0 Å². The van der Waals surface area contributed by atoms with Gasteiger partial charge in [0.2, 0.25) is 0 Å². The van der Waals surface area contributed by atoms with Crippen molar-refractivity contribution in [2.45, 2.75) is 309 Å². The molecule has 0 rings (SSSR count). The van der Waals surface area contributed by atoms with Crippen LogP contribution in [0.3, 0.4) is 0 Å². The van der Waals surface area contributed by atoms with Gasteiger partial charge in [-0.2, -0.15) is 0 Å². The molecule has 0 aliphatic carbocycles. The first kappa shape index (κ1) is 71.3. The zero-order chi connectivity index (χ0) is 54.3. The normalized spacial score (nSPS) is 12.7. The highest BCUT2D eigenvalue weighted by Gasteiger charge is 2.19. The minimum Gasteiger partial charge on any atom is -0.462 e. The van der Waals surface area contributed by atoms with Gasteiger partial charge in [-0.3, -0.25) is 14.4 Å². The summed E-state index contributed by atoms with van der Waals surface area (Å²) in [6.45, 7) is 6.52. The fourth-order valence-electron chi connectivity index (χ4n) is 8.83. The molecule has 0 radical (unpaired) electrons. The Morgan fingerprint density at radius 2 is 0.520 bits per heavy atom. The van der Waals surface area contributed by atoms with Crippen LogP contribution in [0, 0.1) is 0 Å². The quantitative estimate of drug-likeness (QED) is 0.0261. The van der Waals surface area contributed by atoms with E-state index in [9.17, 15) is 14.4 Å². The molecule has 0 aromatic rings. The molecule has 0 spiro atoms. The minimum atomic E-state index is -0.790. The third-order valence-corrected chi connectivity index (χ3v) is 13.6. The smallest absolute Gasteiger partial charge is 0.306 e. The highest BCUT2D eigenvalue weighted by atomic mass is 16.6. The first-order chi connectivity index (χ1) is 37.0. The Labute approximate surface area is 464 Å². The number of ether oxygens (including phenoxy) is 3. The van der Waals surface area contributed by atoms with Gasteiger partial charge in [-0.05, 0) is 103 Å². The Morgan fingerprint density at radius 1 is 0.280 bits per heavy atom. The van der Waals surface area contributed by atoms with E-state index >= 15 is 0 Å². The lowest BCUT2D eigenvalue weighted by Crippen LogP contribution is -2.30. The van der Waals surface area contributed by atoms with Crippen LogP contribution in [-0.2, 0) is 28.6 Å². The van der Waals surface area contributed by atoms with Crippen molar-refractivity contribution in [2.24, 2.45) is 0 Å². The molecule has 0 fully saturated rings. The van der Waals surface area contributed by atoms with Crippen molar-refractivity contribution in [3.8, 4) is 0 Å². The second-order valence-electron chi connectivity index (χ2n) is 20.9. The number of hydrogen-bond acceptors (Lipinski definition) is 6. The van der Waals surface area contributed by atoms with Crippen molar-refractivity contribution >= 4 is 17.9 Å². The van der Waals surface area contributed by atoms with Crippen LogP contribution in [0.25, 0.3) is 0 Å². The molecule has 0 bridgehead atoms. The van der Waals surface area contributed by atoms with Gasteiger partial charge >= 0.3 is 17.9 Å². The average Bonchev–Trinajstić information content (AvgIpc) is 3.41. The number of esters is 3. The van der Waals surface area contributed by atoms with Crippen molar-refractivity contribution in [3.05, 3.63) is 97.2 Å². The molecule has 430 valence electrons. The molecule has 0 heterocycles. The standard InChI is InChI=1S/C69H118O6/c1-4-7-10-13-16-19-22-25-28-29-30-31-32-33-34-35-36-37-38-39-42-44-47-50-53-56-59-62-68(71)74-65-66(75-69(72)63-60-57-54-51-48-45-41-27-24-21-18-15-12-9-6-3)64-73-67(70)61-58-55-52-49-46-43-40-26-23-20-17-14-11-8-5-2/h7,10,16,19,25,27-28,30-31,33-34,36-37,39,41-42,66H,4-6,8-9,11-15,17-18,20-24,26,29,32,35,38,40,43-65H2,1-3H3/b10-7-,19-16-,28-25-,31-30-,34-33-,37-36-,41-27-,42-39-. The number of hydrogen-bond donors (Lipinski definition) is 0. The molecule has 6 heteroatoms. The lowest BCUT2D eigenvalue weighted by molar-refractivity contribution is -0.167. The molecule has 1 unspecified atom stereocenters. The number of carbonyl (C=O) groups excluding carboxylic acids is 3. The fraction of sp³-hybridized carbons (Fsp3) is 0.725. The summed E-state index contributed by atoms with van der Waals surface area (Å²) in [5, 5.41) is 0. The van der Waals surface area contributed by atoms with E-state index in [1.807, 2.05) is 0 Å². The Bertz CT molecular complexity index is 1480. The predicted octanol–water partition coefficient (Wildman–Crippen LogP) is 21.7. The molecule has 0 amide bonds. The molecule has 0 saturated heterocycles. The van der Waals surface area contributed by atoms with Crippen molar-refractivity contribution < 1.29 is 28.6 Å². The largest absolute Gasteiger partial charge is 0.462 e. The molecular formula is C69H118O6. The van der Waals surface area contributed by atoms with Gasteiger partial charge in [-0.15, -0.1) is 0 Å². The maximum atomic E-state index is 12.9. The van der Waals surface area contributed by atoms with Gasteiger partial charge in [0.25, 0.3) is 0 Å². The topological polar surface area (TPSA) is 78.9 Å². The van der Waals surface area contributed by atoms with Crippen molar-refractivity contribution in [2.75, 3.05) is 13.2 Å². The van der Waals surface area contributed by atoms with Gasteiger partial charge in [-0.1, -0.05) is 279 Å². The van der Waals surface area contributed by atoms with Crippen LogP contribution in [0.4, 0.5) is 0 Å². The molecule has 0 aromatic heterocycles. The SMILES string of the molecule is CC/C=C\C/C=C\C/C=C\C/C=C\C/C=C\C/C=C\C/C=C\CCCCCCCC(=O)OCC(COC(=O)CCCCCCCCCCCCCCCCC)OC(=O)CCCCCCC/C=C\CCCCCCCC. The third kappa shape index (κ3) is 61.1. The second-order valence-corrected chi connectivity index (χ2v) is 20.9. The summed E-state index contributed by atoms with van der Waals surface area (Å²) in [6, 6.07) is 0. The van der Waals surface area contributed by atoms with Crippen LogP contribution in [0.5, 0.6) is 0 Å². The molecule has 1 atom stereocenters. The van der Waals surface area contributed by atoms with E-state index in [-0.39, 0.29) is 31.1 Å². The number of allylic oxidation sites excluding steroid dienone is 16. The highest BCUT2D eigenvalue weighted by molar-refractivity contribution is 5.71.